The average molecular weight is 251 g/mol. The van der Waals surface area contributed by atoms with Crippen LogP contribution in [0, 0.1) is 5.41 Å². The van der Waals surface area contributed by atoms with Crippen LogP contribution in [0.5, 0.6) is 0 Å². The number of hydrogen-bond acceptors (Lipinski definition) is 3. The zero-order valence-electron chi connectivity index (χ0n) is 10.7. The molecule has 1 rings (SSSR count). The minimum absolute atomic E-state index is 0.431. The second-order valence-electron chi connectivity index (χ2n) is 4.68. The molecule has 18 heavy (non-hydrogen) atoms. The van der Waals surface area contributed by atoms with E-state index in [1.165, 1.54) is 7.11 Å². The lowest BCUT2D eigenvalue weighted by Crippen LogP contribution is -2.26. The Morgan fingerprint density at radius 3 is 2.28 bits per heavy atom. The second kappa shape index (κ2) is 5.53. The molecule has 98 valence electrons. The molecule has 0 heterocycles. The number of carboxylic acid groups (broad SMARTS) is 1. The summed E-state index contributed by atoms with van der Waals surface area (Å²) in [6.45, 7) is 3.35. The van der Waals surface area contributed by atoms with Crippen molar-refractivity contribution in [2.75, 3.05) is 12.4 Å². The van der Waals surface area contributed by atoms with Crippen LogP contribution < -0.4 is 5.32 Å². The van der Waals surface area contributed by atoms with E-state index in [9.17, 15) is 9.59 Å². The van der Waals surface area contributed by atoms with Crippen molar-refractivity contribution < 1.29 is 19.4 Å². The molecule has 0 atom stereocenters. The van der Waals surface area contributed by atoms with Gasteiger partial charge in [0.2, 0.25) is 0 Å². The Kier molecular flexibility index (Phi) is 4.31. The Hall–Kier alpha value is -2.04. The molecule has 1 aromatic carbocycles. The van der Waals surface area contributed by atoms with E-state index in [0.717, 1.165) is 5.56 Å². The molecule has 1 amide bonds. The van der Waals surface area contributed by atoms with Crippen LogP contribution in [0.1, 0.15) is 19.4 Å². The van der Waals surface area contributed by atoms with E-state index in [1.807, 2.05) is 0 Å². The van der Waals surface area contributed by atoms with Crippen LogP contribution >= 0.6 is 0 Å². The van der Waals surface area contributed by atoms with Crippen molar-refractivity contribution >= 4 is 17.7 Å². The average Bonchev–Trinajstić information content (AvgIpc) is 2.31. The van der Waals surface area contributed by atoms with Gasteiger partial charge in [-0.2, -0.15) is 0 Å². The Labute approximate surface area is 106 Å². The summed E-state index contributed by atoms with van der Waals surface area (Å²) >= 11 is 0. The van der Waals surface area contributed by atoms with Crippen LogP contribution in [0.3, 0.4) is 0 Å². The summed E-state index contributed by atoms with van der Waals surface area (Å²) in [4.78, 5) is 22.0. The van der Waals surface area contributed by atoms with Gasteiger partial charge in [0.05, 0.1) is 12.5 Å². The number of carbonyl (C=O) groups excluding carboxylic acids is 1. The molecule has 0 radical (unpaired) electrons. The smallest absolute Gasteiger partial charge is 0.411 e. The van der Waals surface area contributed by atoms with Crippen molar-refractivity contribution in [1.29, 1.82) is 0 Å². The van der Waals surface area contributed by atoms with E-state index >= 15 is 0 Å². The first-order chi connectivity index (χ1) is 8.35. The number of ether oxygens (including phenoxy) is 1. The maximum absolute atomic E-state index is 11.0. The van der Waals surface area contributed by atoms with Crippen LogP contribution in [-0.4, -0.2) is 24.3 Å². The molecule has 5 heteroatoms. The fraction of sp³-hybridized carbons (Fsp3) is 0.385. The summed E-state index contributed by atoms with van der Waals surface area (Å²) in [6.07, 6.45) is -0.102. The predicted molar refractivity (Wildman–Crippen MR) is 67.6 cm³/mol. The highest BCUT2D eigenvalue weighted by molar-refractivity contribution is 5.84. The Bertz CT molecular complexity index is 437. The number of methoxy groups -OCH3 is 1. The molecular weight excluding hydrogens is 234 g/mol. The number of rotatable bonds is 4. The Morgan fingerprint density at radius 2 is 1.83 bits per heavy atom. The topological polar surface area (TPSA) is 75.6 Å². The van der Waals surface area contributed by atoms with Crippen LogP contribution in [0.25, 0.3) is 0 Å². The minimum atomic E-state index is -0.834. The number of carbonyl (C=O) groups is 2. The van der Waals surface area contributed by atoms with Crippen molar-refractivity contribution in [2.24, 2.45) is 5.41 Å². The zero-order valence-corrected chi connectivity index (χ0v) is 10.7. The van der Waals surface area contributed by atoms with Gasteiger partial charge in [-0.1, -0.05) is 12.1 Å². The van der Waals surface area contributed by atoms with Crippen LogP contribution in [-0.2, 0) is 16.0 Å². The molecule has 1 aromatic rings. The molecule has 0 bridgehead atoms. The molecule has 0 aromatic heterocycles. The molecule has 0 unspecified atom stereocenters. The van der Waals surface area contributed by atoms with Gasteiger partial charge in [0.25, 0.3) is 0 Å². The van der Waals surface area contributed by atoms with Gasteiger partial charge in [-0.25, -0.2) is 4.79 Å². The van der Waals surface area contributed by atoms with Gasteiger partial charge in [0, 0.05) is 5.69 Å². The first-order valence-corrected chi connectivity index (χ1v) is 5.52. The molecule has 0 aliphatic carbocycles. The fourth-order valence-electron chi connectivity index (χ4n) is 1.46. The van der Waals surface area contributed by atoms with Crippen molar-refractivity contribution in [3.05, 3.63) is 29.8 Å². The third-order valence-corrected chi connectivity index (χ3v) is 2.61. The van der Waals surface area contributed by atoms with Crippen LogP contribution in [0.15, 0.2) is 24.3 Å². The standard InChI is InChI=1S/C13H17NO4/c1-13(2,11(15)16)8-9-4-6-10(7-5-9)14-12(17)18-3/h4-7H,8H2,1-3H3,(H,14,17)(H,15,16). The summed E-state index contributed by atoms with van der Waals surface area (Å²) in [7, 11) is 1.29. The van der Waals surface area contributed by atoms with E-state index in [1.54, 1.807) is 38.1 Å². The van der Waals surface area contributed by atoms with Gasteiger partial charge >= 0.3 is 12.1 Å². The van der Waals surface area contributed by atoms with Gasteiger partial charge in [0.1, 0.15) is 0 Å². The van der Waals surface area contributed by atoms with Gasteiger partial charge in [-0.3, -0.25) is 10.1 Å². The van der Waals surface area contributed by atoms with Crippen molar-refractivity contribution in [3.8, 4) is 0 Å². The number of hydrogen-bond donors (Lipinski definition) is 2. The molecular formula is C13H17NO4. The number of anilines is 1. The van der Waals surface area contributed by atoms with Crippen molar-refractivity contribution in [1.82, 2.24) is 0 Å². The highest BCUT2D eigenvalue weighted by Gasteiger charge is 2.27. The van der Waals surface area contributed by atoms with E-state index in [-0.39, 0.29) is 0 Å². The highest BCUT2D eigenvalue weighted by atomic mass is 16.5. The molecule has 0 spiro atoms. The summed E-state index contributed by atoms with van der Waals surface area (Å²) in [5, 5.41) is 11.6. The molecule has 0 saturated carbocycles. The SMILES string of the molecule is COC(=O)Nc1ccc(CC(C)(C)C(=O)O)cc1. The van der Waals surface area contributed by atoms with E-state index in [0.29, 0.717) is 12.1 Å². The highest BCUT2D eigenvalue weighted by Crippen LogP contribution is 2.23. The summed E-state index contributed by atoms with van der Waals surface area (Å²) in [5.74, 6) is -0.834. The molecule has 2 N–H and O–H groups in total. The summed E-state index contributed by atoms with van der Waals surface area (Å²) in [6, 6.07) is 7.00. The summed E-state index contributed by atoms with van der Waals surface area (Å²) < 4.78 is 4.47. The molecule has 0 aliphatic rings. The van der Waals surface area contributed by atoms with Crippen molar-refractivity contribution in [2.45, 2.75) is 20.3 Å². The molecule has 0 fully saturated rings. The number of nitrogens with one attached hydrogen (secondary N) is 1. The van der Waals surface area contributed by atoms with Gasteiger partial charge in [0.15, 0.2) is 0 Å². The largest absolute Gasteiger partial charge is 0.481 e. The van der Waals surface area contributed by atoms with Gasteiger partial charge < -0.3 is 9.84 Å². The lowest BCUT2D eigenvalue weighted by Gasteiger charge is -2.19. The zero-order chi connectivity index (χ0) is 13.8. The molecule has 0 saturated heterocycles. The molecule has 0 aliphatic heterocycles. The maximum atomic E-state index is 11.0. The van der Waals surface area contributed by atoms with Crippen molar-refractivity contribution in [3.63, 3.8) is 0 Å². The van der Waals surface area contributed by atoms with E-state index in [4.69, 9.17) is 5.11 Å². The third kappa shape index (κ3) is 3.76. The number of amides is 1. The number of carboxylic acids is 1. The monoisotopic (exact) mass is 251 g/mol. The predicted octanol–water partition coefficient (Wildman–Crippen LogP) is 2.52. The Balaban J connectivity index is 2.72. The first-order valence-electron chi connectivity index (χ1n) is 5.52. The van der Waals surface area contributed by atoms with Crippen LogP contribution in [0.2, 0.25) is 0 Å². The summed E-state index contributed by atoms with van der Waals surface area (Å²) in [5.41, 5.74) is 0.702. The minimum Gasteiger partial charge on any atom is -0.481 e. The fourth-order valence-corrected chi connectivity index (χ4v) is 1.46. The van der Waals surface area contributed by atoms with Gasteiger partial charge in [-0.15, -0.1) is 0 Å². The van der Waals surface area contributed by atoms with Gasteiger partial charge in [-0.05, 0) is 38.0 Å². The number of benzene rings is 1. The normalized spacial score (nSPS) is 10.8. The molecule has 5 nitrogen and oxygen atoms in total. The van der Waals surface area contributed by atoms with E-state index < -0.39 is 17.5 Å². The Morgan fingerprint density at radius 1 is 1.28 bits per heavy atom. The second-order valence-corrected chi connectivity index (χ2v) is 4.68. The lowest BCUT2D eigenvalue weighted by atomic mass is 9.86. The quantitative estimate of drug-likeness (QED) is 0.862. The van der Waals surface area contributed by atoms with Crippen LogP contribution in [0.4, 0.5) is 10.5 Å². The first kappa shape index (κ1) is 14.0. The number of aliphatic carboxylic acids is 1. The van der Waals surface area contributed by atoms with E-state index in [2.05, 4.69) is 10.1 Å². The lowest BCUT2D eigenvalue weighted by molar-refractivity contribution is -0.146. The maximum Gasteiger partial charge on any atom is 0.411 e. The third-order valence-electron chi connectivity index (χ3n) is 2.61.